The fraction of sp³-hybridized carbons (Fsp3) is 1.00. The molecule has 2 bridgehead atoms. The third-order valence-electron chi connectivity index (χ3n) is 5.86. The molecule has 3 nitrogen and oxygen atoms in total. The second-order valence-electron chi connectivity index (χ2n) is 7.20. The minimum Gasteiger partial charge on any atom is -0.393 e. The molecule has 0 aromatic heterocycles. The summed E-state index contributed by atoms with van der Waals surface area (Å²) >= 11 is 0. The number of hydrogen-bond acceptors (Lipinski definition) is 3. The van der Waals surface area contributed by atoms with Gasteiger partial charge in [-0.3, -0.25) is 0 Å². The zero-order valence-corrected chi connectivity index (χ0v) is 11.6. The van der Waals surface area contributed by atoms with Crippen molar-refractivity contribution in [2.45, 2.75) is 58.6 Å². The first-order chi connectivity index (χ1) is 7.73. The van der Waals surface area contributed by atoms with E-state index in [9.17, 15) is 5.11 Å². The predicted octanol–water partition coefficient (Wildman–Crippen LogP) is 1.53. The summed E-state index contributed by atoms with van der Waals surface area (Å²) in [6, 6.07) is 0.481. The van der Waals surface area contributed by atoms with E-state index in [4.69, 9.17) is 5.11 Å². The van der Waals surface area contributed by atoms with Gasteiger partial charge in [0.15, 0.2) is 0 Å². The quantitative estimate of drug-likeness (QED) is 0.700. The van der Waals surface area contributed by atoms with Crippen LogP contribution in [-0.2, 0) is 0 Å². The SMILES string of the molecule is CC(O)(CO)CNC1CC2CCC1(C)C2(C)C. The van der Waals surface area contributed by atoms with E-state index in [0.717, 1.165) is 5.92 Å². The van der Waals surface area contributed by atoms with Gasteiger partial charge >= 0.3 is 0 Å². The van der Waals surface area contributed by atoms with Crippen molar-refractivity contribution in [2.24, 2.45) is 16.7 Å². The van der Waals surface area contributed by atoms with Crippen LogP contribution in [0.1, 0.15) is 47.0 Å². The summed E-state index contributed by atoms with van der Waals surface area (Å²) in [7, 11) is 0. The van der Waals surface area contributed by atoms with Crippen molar-refractivity contribution in [2.75, 3.05) is 13.2 Å². The van der Waals surface area contributed by atoms with Crippen LogP contribution in [0.5, 0.6) is 0 Å². The molecule has 0 heterocycles. The number of rotatable bonds is 4. The lowest BCUT2D eigenvalue weighted by Gasteiger charge is -2.40. The van der Waals surface area contributed by atoms with Crippen LogP contribution in [-0.4, -0.2) is 35.0 Å². The van der Waals surface area contributed by atoms with Crippen molar-refractivity contribution in [3.8, 4) is 0 Å². The Morgan fingerprint density at radius 3 is 2.41 bits per heavy atom. The Labute approximate surface area is 105 Å². The molecular weight excluding hydrogens is 214 g/mol. The lowest BCUT2D eigenvalue weighted by Crippen LogP contribution is -2.50. The van der Waals surface area contributed by atoms with Crippen molar-refractivity contribution >= 4 is 0 Å². The first-order valence-corrected chi connectivity index (χ1v) is 6.79. The molecule has 0 saturated heterocycles. The molecule has 2 saturated carbocycles. The minimum atomic E-state index is -0.998. The maximum Gasteiger partial charge on any atom is 0.0972 e. The lowest BCUT2D eigenvalue weighted by atomic mass is 9.69. The van der Waals surface area contributed by atoms with Crippen LogP contribution < -0.4 is 5.32 Å². The van der Waals surface area contributed by atoms with Crippen LogP contribution in [0.3, 0.4) is 0 Å². The monoisotopic (exact) mass is 241 g/mol. The van der Waals surface area contributed by atoms with Crippen LogP contribution in [0.25, 0.3) is 0 Å². The van der Waals surface area contributed by atoms with Gasteiger partial charge in [-0.2, -0.15) is 0 Å². The van der Waals surface area contributed by atoms with Gasteiger partial charge in [-0.25, -0.2) is 0 Å². The Balaban J connectivity index is 2.01. The van der Waals surface area contributed by atoms with E-state index in [1.165, 1.54) is 19.3 Å². The molecule has 2 aliphatic rings. The van der Waals surface area contributed by atoms with E-state index < -0.39 is 5.60 Å². The topological polar surface area (TPSA) is 52.5 Å². The third kappa shape index (κ3) is 1.92. The number of fused-ring (bicyclic) bond motifs is 2. The van der Waals surface area contributed by atoms with E-state index in [0.29, 0.717) is 23.4 Å². The minimum absolute atomic E-state index is 0.184. The lowest BCUT2D eigenvalue weighted by molar-refractivity contribution is -0.00479. The number of aliphatic hydroxyl groups excluding tert-OH is 1. The molecule has 0 aromatic rings. The average molecular weight is 241 g/mol. The zero-order valence-electron chi connectivity index (χ0n) is 11.6. The van der Waals surface area contributed by atoms with Gasteiger partial charge in [0.1, 0.15) is 0 Å². The predicted molar refractivity (Wildman–Crippen MR) is 68.7 cm³/mol. The van der Waals surface area contributed by atoms with Crippen LogP contribution in [0.4, 0.5) is 0 Å². The Hall–Kier alpha value is -0.120. The fourth-order valence-corrected chi connectivity index (χ4v) is 3.91. The summed E-state index contributed by atoms with van der Waals surface area (Å²) in [5, 5.41) is 22.4. The third-order valence-corrected chi connectivity index (χ3v) is 5.86. The molecule has 3 heteroatoms. The van der Waals surface area contributed by atoms with Gasteiger partial charge in [-0.05, 0) is 42.9 Å². The van der Waals surface area contributed by atoms with Crippen molar-refractivity contribution in [3.63, 3.8) is 0 Å². The van der Waals surface area contributed by atoms with Crippen molar-refractivity contribution < 1.29 is 10.2 Å². The molecule has 4 unspecified atom stereocenters. The maximum atomic E-state index is 9.86. The Morgan fingerprint density at radius 2 is 2.00 bits per heavy atom. The first kappa shape index (κ1) is 13.3. The fourth-order valence-electron chi connectivity index (χ4n) is 3.91. The molecule has 2 rings (SSSR count). The van der Waals surface area contributed by atoms with E-state index in [1.54, 1.807) is 6.92 Å². The molecule has 0 radical (unpaired) electrons. The summed E-state index contributed by atoms with van der Waals surface area (Å²) in [6.07, 6.45) is 3.84. The van der Waals surface area contributed by atoms with Gasteiger partial charge in [-0.15, -0.1) is 0 Å². The molecule has 17 heavy (non-hydrogen) atoms. The average Bonchev–Trinajstić information content (AvgIpc) is 2.58. The van der Waals surface area contributed by atoms with E-state index in [2.05, 4.69) is 26.1 Å². The first-order valence-electron chi connectivity index (χ1n) is 6.79. The number of aliphatic hydroxyl groups is 2. The van der Waals surface area contributed by atoms with Gasteiger partial charge in [0, 0.05) is 12.6 Å². The van der Waals surface area contributed by atoms with Gasteiger partial charge in [0.2, 0.25) is 0 Å². The molecular formula is C14H27NO2. The Kier molecular flexibility index (Phi) is 3.08. The molecule has 0 aromatic carbocycles. The van der Waals surface area contributed by atoms with Crippen molar-refractivity contribution in [1.82, 2.24) is 5.32 Å². The maximum absolute atomic E-state index is 9.86. The van der Waals surface area contributed by atoms with Crippen LogP contribution in [0.2, 0.25) is 0 Å². The number of nitrogens with one attached hydrogen (secondary N) is 1. The molecule has 0 amide bonds. The van der Waals surface area contributed by atoms with Crippen LogP contribution in [0.15, 0.2) is 0 Å². The summed E-state index contributed by atoms with van der Waals surface area (Å²) in [4.78, 5) is 0. The highest BCUT2D eigenvalue weighted by Gasteiger charge is 2.61. The van der Waals surface area contributed by atoms with Gasteiger partial charge < -0.3 is 15.5 Å². The largest absolute Gasteiger partial charge is 0.393 e. The van der Waals surface area contributed by atoms with Gasteiger partial charge in [-0.1, -0.05) is 20.8 Å². The molecule has 0 aliphatic heterocycles. The summed E-state index contributed by atoms with van der Waals surface area (Å²) in [5.74, 6) is 0.809. The van der Waals surface area contributed by atoms with Crippen molar-refractivity contribution in [1.29, 1.82) is 0 Å². The highest BCUT2D eigenvalue weighted by molar-refractivity contribution is 5.13. The zero-order chi connectivity index (χ0) is 12.9. The normalized spacial score (nSPS) is 42.7. The summed E-state index contributed by atoms with van der Waals surface area (Å²) < 4.78 is 0. The van der Waals surface area contributed by atoms with E-state index >= 15 is 0 Å². The highest BCUT2D eigenvalue weighted by Crippen LogP contribution is 2.65. The standard InChI is InChI=1S/C14H27NO2/c1-12(2)10-5-6-14(12,4)11(7-10)15-8-13(3,17)9-16/h10-11,15-17H,5-9H2,1-4H3. The summed E-state index contributed by atoms with van der Waals surface area (Å²) in [6.45, 7) is 9.13. The smallest absolute Gasteiger partial charge is 0.0972 e. The molecule has 3 N–H and O–H groups in total. The Bertz CT molecular complexity index is 301. The van der Waals surface area contributed by atoms with Gasteiger partial charge in [0.25, 0.3) is 0 Å². The van der Waals surface area contributed by atoms with Gasteiger partial charge in [0.05, 0.1) is 12.2 Å². The molecule has 100 valence electrons. The Morgan fingerprint density at radius 1 is 1.35 bits per heavy atom. The molecule has 4 atom stereocenters. The molecule has 2 fully saturated rings. The highest BCUT2D eigenvalue weighted by atomic mass is 16.3. The van der Waals surface area contributed by atoms with Crippen LogP contribution >= 0.6 is 0 Å². The molecule has 0 spiro atoms. The summed E-state index contributed by atoms with van der Waals surface area (Å²) in [5.41, 5.74) is -0.263. The second kappa shape index (κ2) is 3.94. The van der Waals surface area contributed by atoms with Crippen molar-refractivity contribution in [3.05, 3.63) is 0 Å². The molecule has 2 aliphatic carbocycles. The second-order valence-corrected chi connectivity index (χ2v) is 7.20. The van der Waals surface area contributed by atoms with E-state index in [1.807, 2.05) is 0 Å². The van der Waals surface area contributed by atoms with Crippen LogP contribution in [0, 0.1) is 16.7 Å². The number of hydrogen-bond donors (Lipinski definition) is 3. The van der Waals surface area contributed by atoms with E-state index in [-0.39, 0.29) is 6.61 Å².